The van der Waals surface area contributed by atoms with Crippen LogP contribution in [0.2, 0.25) is 4.34 Å². The molecule has 236 valence electrons. The number of β-lactam (4-membered cyclic amide) rings is 1. The van der Waals surface area contributed by atoms with Gasteiger partial charge in [-0.1, -0.05) is 39.9 Å². The normalized spacial score (nSPS) is 18.8. The van der Waals surface area contributed by atoms with Crippen LogP contribution < -0.4 is 22.1 Å². The number of thiazole rings is 1. The van der Waals surface area contributed by atoms with E-state index >= 15 is 0 Å². The van der Waals surface area contributed by atoms with E-state index in [0.717, 1.165) is 26.7 Å². The number of nitrogens with one attached hydrogen (secondary N) is 3. The van der Waals surface area contributed by atoms with E-state index in [9.17, 15) is 23.9 Å². The van der Waals surface area contributed by atoms with E-state index < -0.39 is 48.2 Å². The van der Waals surface area contributed by atoms with Crippen molar-refractivity contribution in [3.05, 3.63) is 44.7 Å². The molecular formula is C24H27ClFN9O5S4. The summed E-state index contributed by atoms with van der Waals surface area (Å²) in [6.07, 6.45) is 3.31. The molecule has 0 bridgehead atoms. The first-order valence-corrected chi connectivity index (χ1v) is 16.9. The summed E-state index contributed by atoms with van der Waals surface area (Å²) < 4.78 is 12.6. The molecule has 2 aromatic heterocycles. The second-order valence-electron chi connectivity index (χ2n) is 9.13. The number of nitrogen functional groups attached to an aromatic ring is 1. The number of pyridine rings is 1. The highest BCUT2D eigenvalue weighted by Crippen LogP contribution is 2.46. The van der Waals surface area contributed by atoms with Crippen LogP contribution in [0.3, 0.4) is 0 Å². The smallest absolute Gasteiger partial charge is 0.353 e. The monoisotopic (exact) mass is 703 g/mol. The quantitative estimate of drug-likeness (QED) is 0.0546. The van der Waals surface area contributed by atoms with Crippen molar-refractivity contribution >= 4 is 92.8 Å². The van der Waals surface area contributed by atoms with Crippen molar-refractivity contribution in [2.45, 2.75) is 35.0 Å². The van der Waals surface area contributed by atoms with Gasteiger partial charge in [-0.2, -0.15) is 11.8 Å². The maximum absolute atomic E-state index is 13.3. The molecule has 2 amide bonds. The van der Waals surface area contributed by atoms with Crippen LogP contribution in [0.25, 0.3) is 0 Å². The topological polar surface area (TPSA) is 222 Å². The van der Waals surface area contributed by atoms with E-state index in [1.54, 1.807) is 30.2 Å². The number of carbonyl (C=O) groups excluding carboxylic acids is 2. The lowest BCUT2D eigenvalue weighted by molar-refractivity contribution is -0.150. The average molecular weight is 704 g/mol. The predicted octanol–water partition coefficient (Wildman–Crippen LogP) is 2.06. The zero-order chi connectivity index (χ0) is 32.0. The van der Waals surface area contributed by atoms with Crippen molar-refractivity contribution in [2.75, 3.05) is 30.5 Å². The Morgan fingerprint density at radius 1 is 1.45 bits per heavy atom. The van der Waals surface area contributed by atoms with Gasteiger partial charge in [0, 0.05) is 45.5 Å². The molecule has 3 atom stereocenters. The highest BCUT2D eigenvalue weighted by Gasteiger charge is 2.54. The van der Waals surface area contributed by atoms with Gasteiger partial charge in [-0.05, 0) is 18.6 Å². The zero-order valence-corrected chi connectivity index (χ0v) is 26.9. The molecule has 4 rings (SSSR count). The highest BCUT2D eigenvalue weighted by atomic mass is 35.5. The Balaban J connectivity index is 1.49. The van der Waals surface area contributed by atoms with E-state index in [2.05, 4.69) is 25.8 Å². The van der Waals surface area contributed by atoms with Gasteiger partial charge in [-0.15, -0.1) is 11.8 Å². The van der Waals surface area contributed by atoms with Crippen LogP contribution in [0.15, 0.2) is 39.1 Å². The summed E-state index contributed by atoms with van der Waals surface area (Å²) in [7, 11) is 0. The van der Waals surface area contributed by atoms with E-state index in [1.165, 1.54) is 23.5 Å². The first-order chi connectivity index (χ1) is 21.0. The molecule has 0 spiro atoms. The Morgan fingerprint density at radius 3 is 2.89 bits per heavy atom. The van der Waals surface area contributed by atoms with Crippen LogP contribution in [0, 0.1) is 5.41 Å². The fraction of sp³-hybridized carbons (Fsp3) is 0.375. The summed E-state index contributed by atoms with van der Waals surface area (Å²) >= 11 is 11.2. The lowest BCUT2D eigenvalue weighted by atomic mass is 10.0. The number of nitrogens with zero attached hydrogens (tertiary/aromatic N) is 4. The molecule has 44 heavy (non-hydrogen) atoms. The Labute approximate surface area is 272 Å². The van der Waals surface area contributed by atoms with Crippen LogP contribution in [-0.4, -0.2) is 91.7 Å². The number of thioether (sulfide) groups is 3. The minimum Gasteiger partial charge on any atom is -0.477 e. The molecule has 0 aromatic carbocycles. The number of amides is 2. The van der Waals surface area contributed by atoms with Crippen molar-refractivity contribution in [3.63, 3.8) is 0 Å². The molecule has 2 aliphatic rings. The third-order valence-corrected chi connectivity index (χ3v) is 10.9. The second kappa shape index (κ2) is 15.2. The molecule has 1 saturated heterocycles. The first kappa shape index (κ1) is 33.6. The van der Waals surface area contributed by atoms with Gasteiger partial charge < -0.3 is 32.0 Å². The van der Waals surface area contributed by atoms with Gasteiger partial charge >= 0.3 is 5.97 Å². The van der Waals surface area contributed by atoms with Crippen LogP contribution in [0.4, 0.5) is 9.52 Å². The molecule has 0 aliphatic carbocycles. The molecule has 4 heterocycles. The second-order valence-corrected chi connectivity index (χ2v) is 14.0. The number of carboxylic acids is 1. The van der Waals surface area contributed by atoms with Crippen LogP contribution in [0.1, 0.15) is 18.2 Å². The standard InChI is InChI=1S/C24H27ClFN9O5S4/c1-10(31-23(27)28)7-41-8-11-6-30-4-2-12(11)43-13-9-42-21-16(20(37)35(21)17(13)22(38)39)32-19(36)15(34-40-5-3-26)14-18(25)44-24(29)33-14/h2,4,6,10,16,21H,3,5,7-9H2,1H3,(H2,29,33)(H,32,36)(H,38,39)(H4,27,28,31)/b34-15-/t10?,16-,21+/m1/s1. The average Bonchev–Trinajstić information content (AvgIpc) is 3.30. The van der Waals surface area contributed by atoms with Gasteiger partial charge in [0.2, 0.25) is 0 Å². The van der Waals surface area contributed by atoms with Crippen molar-refractivity contribution in [3.8, 4) is 0 Å². The van der Waals surface area contributed by atoms with Crippen LogP contribution in [-0.2, 0) is 25.0 Å². The number of hydrogen-bond donors (Lipinski definition) is 6. The Morgan fingerprint density at radius 2 is 2.23 bits per heavy atom. The lowest BCUT2D eigenvalue weighted by Gasteiger charge is -2.49. The third-order valence-electron chi connectivity index (χ3n) is 5.91. The summed E-state index contributed by atoms with van der Waals surface area (Å²) in [5.74, 6) is -1.38. The Kier molecular flexibility index (Phi) is 11.6. The SMILES string of the molecule is CC(CSCc1cnccc1SC1=C(C(=O)O)N2C(=O)[C@@H](NC(=O)/C(=N\OCCF)c3nc(N)sc3Cl)[C@@H]2SC1)NC(=N)N. The minimum absolute atomic E-state index is 0.0224. The molecule has 1 unspecified atom stereocenters. The predicted molar refractivity (Wildman–Crippen MR) is 170 cm³/mol. The fourth-order valence-electron chi connectivity index (χ4n) is 4.09. The van der Waals surface area contributed by atoms with Gasteiger partial charge in [0.1, 0.15) is 40.4 Å². The number of aromatic nitrogens is 2. The number of carbonyl (C=O) groups is 3. The molecular weight excluding hydrogens is 677 g/mol. The summed E-state index contributed by atoms with van der Waals surface area (Å²) in [5.41, 5.74) is 11.3. The third kappa shape index (κ3) is 7.87. The zero-order valence-electron chi connectivity index (χ0n) is 22.9. The van der Waals surface area contributed by atoms with Crippen molar-refractivity contribution < 1.29 is 28.7 Å². The number of oxime groups is 1. The molecule has 0 radical (unpaired) electrons. The number of rotatable bonds is 14. The highest BCUT2D eigenvalue weighted by molar-refractivity contribution is 8.06. The number of hydrogen-bond acceptors (Lipinski definition) is 13. The number of fused-ring (bicyclic) bond motifs is 1. The molecule has 0 saturated carbocycles. The number of aliphatic carboxylic acids is 1. The van der Waals surface area contributed by atoms with Gasteiger partial charge in [-0.25, -0.2) is 14.2 Å². The number of nitrogens with two attached hydrogens (primary N) is 2. The molecule has 14 nitrogen and oxygen atoms in total. The summed E-state index contributed by atoms with van der Waals surface area (Å²) in [4.78, 5) is 54.3. The number of halogens is 2. The summed E-state index contributed by atoms with van der Waals surface area (Å²) in [5, 5.41) is 25.9. The molecule has 20 heteroatoms. The van der Waals surface area contributed by atoms with E-state index in [0.29, 0.717) is 16.4 Å². The minimum atomic E-state index is -1.28. The van der Waals surface area contributed by atoms with E-state index in [1.807, 2.05) is 6.92 Å². The van der Waals surface area contributed by atoms with Gasteiger partial charge in [0.05, 0.1) is 0 Å². The molecule has 1 fully saturated rings. The Bertz CT molecular complexity index is 1510. The number of anilines is 1. The van der Waals surface area contributed by atoms with Crippen molar-refractivity contribution in [2.24, 2.45) is 10.9 Å². The van der Waals surface area contributed by atoms with Crippen LogP contribution in [0.5, 0.6) is 0 Å². The van der Waals surface area contributed by atoms with Crippen LogP contribution >= 0.6 is 58.2 Å². The van der Waals surface area contributed by atoms with E-state index in [4.69, 9.17) is 33.3 Å². The van der Waals surface area contributed by atoms with Gasteiger partial charge in [0.25, 0.3) is 11.8 Å². The summed E-state index contributed by atoms with van der Waals surface area (Å²) in [6, 6.07) is 0.684. The van der Waals surface area contributed by atoms with Gasteiger partial charge in [0.15, 0.2) is 16.8 Å². The van der Waals surface area contributed by atoms with Gasteiger partial charge in [-0.3, -0.25) is 24.9 Å². The first-order valence-electron chi connectivity index (χ1n) is 12.7. The summed E-state index contributed by atoms with van der Waals surface area (Å²) in [6.45, 7) is 0.622. The largest absolute Gasteiger partial charge is 0.477 e. The lowest BCUT2D eigenvalue weighted by Crippen LogP contribution is -2.71. The van der Waals surface area contributed by atoms with Crippen molar-refractivity contribution in [1.82, 2.24) is 25.5 Å². The maximum Gasteiger partial charge on any atom is 0.353 e. The number of carboxylic acid groups (broad SMARTS) is 1. The number of guanidine groups is 1. The Hall–Kier alpha value is -3.26. The molecule has 2 aliphatic heterocycles. The van der Waals surface area contributed by atoms with E-state index in [-0.39, 0.29) is 38.6 Å². The fourth-order valence-corrected chi connectivity index (χ4v) is 8.68. The molecule has 8 N–H and O–H groups in total. The van der Waals surface area contributed by atoms with Crippen molar-refractivity contribution in [1.29, 1.82) is 5.41 Å². The molecule has 2 aromatic rings. The number of alkyl halides is 1. The maximum atomic E-state index is 13.3.